The molecule has 106 valence electrons. The first-order valence-electron chi connectivity index (χ1n) is 5.66. The molecule has 1 aliphatic heterocycles. The Balaban J connectivity index is 2.51. The summed E-state index contributed by atoms with van der Waals surface area (Å²) < 4.78 is 61.2. The number of nitrogens with one attached hydrogen (secondary N) is 1. The smallest absolute Gasteiger partial charge is 0.348 e. The van der Waals surface area contributed by atoms with Crippen molar-refractivity contribution < 1.29 is 26.7 Å². The van der Waals surface area contributed by atoms with Gasteiger partial charge in [0.25, 0.3) is 0 Å². The summed E-state index contributed by atoms with van der Waals surface area (Å²) in [6.45, 7) is 3.88. The molecule has 1 N–H and O–H groups in total. The minimum absolute atomic E-state index is 0.382. The summed E-state index contributed by atoms with van der Waals surface area (Å²) in [5.41, 5.74) is 0. The second kappa shape index (κ2) is 5.38. The highest BCUT2D eigenvalue weighted by molar-refractivity contribution is 5.84. The van der Waals surface area contributed by atoms with Gasteiger partial charge in [-0.3, -0.25) is 4.79 Å². The van der Waals surface area contributed by atoms with Gasteiger partial charge in [-0.25, -0.2) is 0 Å². The molecule has 0 saturated carbocycles. The zero-order valence-electron chi connectivity index (χ0n) is 9.86. The maximum atomic E-state index is 12.7. The van der Waals surface area contributed by atoms with Gasteiger partial charge in [0, 0.05) is 19.1 Å². The highest BCUT2D eigenvalue weighted by Gasteiger charge is 2.63. The SMILES string of the molecule is CCN1CCC(NC(=O)C(F)(F)C(F)(F)F)CC1. The monoisotopic (exact) mass is 274 g/mol. The summed E-state index contributed by atoms with van der Waals surface area (Å²) in [4.78, 5) is 13.0. The van der Waals surface area contributed by atoms with Gasteiger partial charge in [-0.05, 0) is 19.4 Å². The topological polar surface area (TPSA) is 32.3 Å². The van der Waals surface area contributed by atoms with Gasteiger partial charge in [-0.15, -0.1) is 0 Å². The van der Waals surface area contributed by atoms with E-state index in [2.05, 4.69) is 0 Å². The first kappa shape index (κ1) is 15.1. The lowest BCUT2D eigenvalue weighted by molar-refractivity contribution is -0.270. The lowest BCUT2D eigenvalue weighted by Gasteiger charge is -2.32. The fraction of sp³-hybridized carbons (Fsp3) is 0.900. The van der Waals surface area contributed by atoms with E-state index in [9.17, 15) is 26.7 Å². The van der Waals surface area contributed by atoms with E-state index in [1.807, 2.05) is 11.8 Å². The van der Waals surface area contributed by atoms with E-state index in [1.165, 1.54) is 0 Å². The van der Waals surface area contributed by atoms with Crippen molar-refractivity contribution in [2.45, 2.75) is 37.9 Å². The van der Waals surface area contributed by atoms with Crippen LogP contribution in [0.25, 0.3) is 0 Å². The minimum atomic E-state index is -5.85. The molecule has 1 amide bonds. The van der Waals surface area contributed by atoms with E-state index in [0.29, 0.717) is 25.9 Å². The zero-order valence-corrected chi connectivity index (χ0v) is 9.86. The Morgan fingerprint density at radius 1 is 1.22 bits per heavy atom. The number of hydrogen-bond donors (Lipinski definition) is 1. The standard InChI is InChI=1S/C10H15F5N2O/c1-2-17-5-3-7(4-6-17)16-8(18)9(11,12)10(13,14)15/h7H,2-6H2,1H3,(H,16,18). The minimum Gasteiger partial charge on any atom is -0.348 e. The van der Waals surface area contributed by atoms with Crippen LogP contribution in [0.5, 0.6) is 0 Å². The van der Waals surface area contributed by atoms with Crippen LogP contribution in [0.4, 0.5) is 22.0 Å². The van der Waals surface area contributed by atoms with E-state index < -0.39 is 24.0 Å². The van der Waals surface area contributed by atoms with Gasteiger partial charge in [-0.1, -0.05) is 6.92 Å². The molecule has 8 heteroatoms. The fourth-order valence-corrected chi connectivity index (χ4v) is 1.80. The summed E-state index contributed by atoms with van der Waals surface area (Å²) in [6, 6.07) is -0.617. The Bertz CT molecular complexity index is 297. The number of carbonyl (C=O) groups is 1. The van der Waals surface area contributed by atoms with Crippen LogP contribution in [0.2, 0.25) is 0 Å². The van der Waals surface area contributed by atoms with E-state index >= 15 is 0 Å². The lowest BCUT2D eigenvalue weighted by atomic mass is 10.0. The van der Waals surface area contributed by atoms with Crippen LogP contribution in [0.15, 0.2) is 0 Å². The van der Waals surface area contributed by atoms with Gasteiger partial charge in [0.15, 0.2) is 0 Å². The van der Waals surface area contributed by atoms with Crippen molar-refractivity contribution in [1.82, 2.24) is 10.2 Å². The third kappa shape index (κ3) is 3.30. The second-order valence-electron chi connectivity index (χ2n) is 4.25. The normalized spacial score (nSPS) is 19.9. The summed E-state index contributed by atoms with van der Waals surface area (Å²) in [6.07, 6.45) is -5.08. The van der Waals surface area contributed by atoms with E-state index in [1.54, 1.807) is 5.32 Å². The number of hydrogen-bond acceptors (Lipinski definition) is 2. The van der Waals surface area contributed by atoms with Gasteiger partial charge >= 0.3 is 18.0 Å². The summed E-state index contributed by atoms with van der Waals surface area (Å²) >= 11 is 0. The molecule has 0 radical (unpaired) electrons. The van der Waals surface area contributed by atoms with Crippen molar-refractivity contribution >= 4 is 5.91 Å². The molecule has 0 atom stereocenters. The molecular formula is C10H15F5N2O. The molecule has 1 fully saturated rings. The molecule has 0 aromatic rings. The Labute approximate surface area is 101 Å². The average Bonchev–Trinajstić information content (AvgIpc) is 2.28. The number of piperidine rings is 1. The van der Waals surface area contributed by atoms with Gasteiger partial charge in [-0.2, -0.15) is 22.0 Å². The Morgan fingerprint density at radius 2 is 1.72 bits per heavy atom. The van der Waals surface area contributed by atoms with Gasteiger partial charge in [0.1, 0.15) is 0 Å². The average molecular weight is 274 g/mol. The van der Waals surface area contributed by atoms with Gasteiger partial charge in [0.2, 0.25) is 0 Å². The summed E-state index contributed by atoms with van der Waals surface area (Å²) in [5, 5.41) is 1.77. The summed E-state index contributed by atoms with van der Waals surface area (Å²) in [7, 11) is 0. The maximum Gasteiger partial charge on any atom is 0.463 e. The van der Waals surface area contributed by atoms with Crippen molar-refractivity contribution in [3.63, 3.8) is 0 Å². The Hall–Kier alpha value is -0.920. The van der Waals surface area contributed by atoms with Crippen LogP contribution in [0.1, 0.15) is 19.8 Å². The Morgan fingerprint density at radius 3 is 2.11 bits per heavy atom. The second-order valence-corrected chi connectivity index (χ2v) is 4.25. The molecule has 0 unspecified atom stereocenters. The molecule has 0 aromatic heterocycles. The molecule has 0 aromatic carbocycles. The highest BCUT2D eigenvalue weighted by Crippen LogP contribution is 2.35. The predicted molar refractivity (Wildman–Crippen MR) is 54.3 cm³/mol. The largest absolute Gasteiger partial charge is 0.463 e. The molecule has 0 aliphatic carbocycles. The highest BCUT2D eigenvalue weighted by atomic mass is 19.4. The number of alkyl halides is 5. The van der Waals surface area contributed by atoms with Crippen LogP contribution >= 0.6 is 0 Å². The molecular weight excluding hydrogens is 259 g/mol. The number of amides is 1. The summed E-state index contributed by atoms with van der Waals surface area (Å²) in [5.74, 6) is -7.58. The molecule has 1 rings (SSSR count). The molecule has 0 bridgehead atoms. The number of rotatable bonds is 3. The maximum absolute atomic E-state index is 12.7. The van der Waals surface area contributed by atoms with E-state index in [-0.39, 0.29) is 0 Å². The number of carbonyl (C=O) groups excluding carboxylic acids is 1. The zero-order chi connectivity index (χ0) is 14.0. The van der Waals surface area contributed by atoms with Crippen LogP contribution < -0.4 is 5.32 Å². The van der Waals surface area contributed by atoms with Gasteiger partial charge in [0.05, 0.1) is 0 Å². The van der Waals surface area contributed by atoms with Crippen molar-refractivity contribution in [2.24, 2.45) is 0 Å². The van der Waals surface area contributed by atoms with Crippen molar-refractivity contribution in [3.05, 3.63) is 0 Å². The molecule has 3 nitrogen and oxygen atoms in total. The van der Waals surface area contributed by atoms with Crippen LogP contribution in [-0.2, 0) is 4.79 Å². The van der Waals surface area contributed by atoms with Crippen molar-refractivity contribution in [2.75, 3.05) is 19.6 Å². The molecule has 18 heavy (non-hydrogen) atoms. The first-order chi connectivity index (χ1) is 8.18. The Kier molecular flexibility index (Phi) is 4.52. The lowest BCUT2D eigenvalue weighted by Crippen LogP contribution is -2.54. The fourth-order valence-electron chi connectivity index (χ4n) is 1.80. The third-order valence-electron chi connectivity index (χ3n) is 3.01. The predicted octanol–water partition coefficient (Wildman–Crippen LogP) is 1.78. The molecule has 1 heterocycles. The van der Waals surface area contributed by atoms with E-state index in [0.717, 1.165) is 6.54 Å². The number of nitrogens with zero attached hydrogens (tertiary/aromatic N) is 1. The van der Waals surface area contributed by atoms with E-state index in [4.69, 9.17) is 0 Å². The van der Waals surface area contributed by atoms with Crippen molar-refractivity contribution in [1.29, 1.82) is 0 Å². The van der Waals surface area contributed by atoms with Crippen LogP contribution in [-0.4, -0.2) is 48.6 Å². The number of likely N-dealkylation sites (tertiary alicyclic amines) is 1. The number of halogens is 5. The molecule has 1 aliphatic rings. The molecule has 1 saturated heterocycles. The first-order valence-corrected chi connectivity index (χ1v) is 5.66. The van der Waals surface area contributed by atoms with Crippen molar-refractivity contribution in [3.8, 4) is 0 Å². The molecule has 0 spiro atoms. The quantitative estimate of drug-likeness (QED) is 0.796. The van der Waals surface area contributed by atoms with Gasteiger partial charge < -0.3 is 10.2 Å². The third-order valence-corrected chi connectivity index (χ3v) is 3.01. The van der Waals surface area contributed by atoms with Crippen LogP contribution in [0, 0.1) is 0 Å². The van der Waals surface area contributed by atoms with Crippen LogP contribution in [0.3, 0.4) is 0 Å².